The van der Waals surface area contributed by atoms with Crippen molar-refractivity contribution in [3.05, 3.63) is 55.7 Å². The lowest BCUT2D eigenvalue weighted by molar-refractivity contribution is 0.412. The normalized spacial score (nSPS) is 10.8. The molecule has 0 radical (unpaired) electrons. The highest BCUT2D eigenvalue weighted by molar-refractivity contribution is 9.11. The van der Waals surface area contributed by atoms with E-state index in [1.54, 1.807) is 13.2 Å². The number of rotatable bonds is 2. The van der Waals surface area contributed by atoms with Crippen molar-refractivity contribution >= 4 is 42.8 Å². The van der Waals surface area contributed by atoms with Gasteiger partial charge in [-0.2, -0.15) is 0 Å². The third kappa shape index (κ3) is 2.61. The molecule has 0 amide bonds. The molecule has 1 aromatic heterocycles. The molecule has 1 N–H and O–H groups in total. The summed E-state index contributed by atoms with van der Waals surface area (Å²) in [4.78, 5) is 19.5. The predicted molar refractivity (Wildman–Crippen MR) is 89.8 cm³/mol. The molecular weight excluding hydrogens is 400 g/mol. The molecule has 0 aliphatic rings. The number of fused-ring (bicyclic) bond motifs is 1. The van der Waals surface area contributed by atoms with Crippen molar-refractivity contribution in [2.45, 2.75) is 0 Å². The number of benzene rings is 2. The van der Waals surface area contributed by atoms with Gasteiger partial charge in [-0.05, 0) is 56.1 Å². The minimum Gasteiger partial charge on any atom is -0.496 e. The van der Waals surface area contributed by atoms with E-state index in [-0.39, 0.29) is 5.56 Å². The van der Waals surface area contributed by atoms with Gasteiger partial charge in [-0.1, -0.05) is 12.1 Å². The number of methoxy groups -OCH3 is 1. The number of hydrogen-bond acceptors (Lipinski definition) is 3. The maximum Gasteiger partial charge on any atom is 0.259 e. The maximum atomic E-state index is 12.2. The molecule has 1 heterocycles. The van der Waals surface area contributed by atoms with Gasteiger partial charge in [0, 0.05) is 10.0 Å². The largest absolute Gasteiger partial charge is 0.496 e. The third-order valence-electron chi connectivity index (χ3n) is 3.11. The lowest BCUT2D eigenvalue weighted by atomic mass is 10.2. The summed E-state index contributed by atoms with van der Waals surface area (Å²) in [6.45, 7) is 0. The Morgan fingerprint density at radius 1 is 1.14 bits per heavy atom. The number of nitrogens with zero attached hydrogens (tertiary/aromatic N) is 1. The molecule has 106 valence electrons. The van der Waals surface area contributed by atoms with Crippen molar-refractivity contribution < 1.29 is 4.74 Å². The first-order valence-electron chi connectivity index (χ1n) is 6.12. The molecule has 0 saturated carbocycles. The van der Waals surface area contributed by atoms with Crippen LogP contribution in [0.15, 0.2) is 50.1 Å². The van der Waals surface area contributed by atoms with Crippen LogP contribution < -0.4 is 10.3 Å². The fraction of sp³-hybridized carbons (Fsp3) is 0.0667. The van der Waals surface area contributed by atoms with Crippen molar-refractivity contribution in [1.29, 1.82) is 0 Å². The average molecular weight is 410 g/mol. The summed E-state index contributed by atoms with van der Waals surface area (Å²) in [6, 6.07) is 10.9. The van der Waals surface area contributed by atoms with Crippen LogP contribution in [0.4, 0.5) is 0 Å². The van der Waals surface area contributed by atoms with E-state index < -0.39 is 0 Å². The minimum atomic E-state index is -0.163. The second-order valence-electron chi connectivity index (χ2n) is 4.40. The van der Waals surface area contributed by atoms with E-state index in [2.05, 4.69) is 41.8 Å². The molecule has 3 rings (SSSR count). The van der Waals surface area contributed by atoms with Gasteiger partial charge in [0.25, 0.3) is 5.56 Å². The molecule has 0 aliphatic carbocycles. The van der Waals surface area contributed by atoms with Gasteiger partial charge >= 0.3 is 0 Å². The van der Waals surface area contributed by atoms with Crippen molar-refractivity contribution in [1.82, 2.24) is 9.97 Å². The van der Waals surface area contributed by atoms with Crippen LogP contribution in [0, 0.1) is 0 Å². The summed E-state index contributed by atoms with van der Waals surface area (Å²) >= 11 is 6.91. The van der Waals surface area contributed by atoms with E-state index in [1.807, 2.05) is 30.3 Å². The zero-order chi connectivity index (χ0) is 15.0. The van der Waals surface area contributed by atoms with Crippen LogP contribution in [0.2, 0.25) is 0 Å². The molecule has 6 heteroatoms. The van der Waals surface area contributed by atoms with Gasteiger partial charge in [-0.25, -0.2) is 4.98 Å². The summed E-state index contributed by atoms with van der Waals surface area (Å²) in [5.74, 6) is 1.17. The summed E-state index contributed by atoms with van der Waals surface area (Å²) in [5.41, 5.74) is 1.26. The Balaban J connectivity index is 2.28. The second-order valence-corrected chi connectivity index (χ2v) is 6.11. The molecule has 0 unspecified atom stereocenters. The topological polar surface area (TPSA) is 55.0 Å². The Bertz CT molecular complexity index is 890. The molecule has 0 aliphatic heterocycles. The van der Waals surface area contributed by atoms with Crippen molar-refractivity contribution in [3.8, 4) is 17.1 Å². The Morgan fingerprint density at radius 2 is 1.90 bits per heavy atom. The highest BCUT2D eigenvalue weighted by atomic mass is 79.9. The Labute approximate surface area is 137 Å². The molecular formula is C15H10Br2N2O2. The number of nitrogens with one attached hydrogen (secondary N) is 1. The monoisotopic (exact) mass is 408 g/mol. The van der Waals surface area contributed by atoms with Gasteiger partial charge < -0.3 is 9.72 Å². The first-order chi connectivity index (χ1) is 10.1. The molecule has 21 heavy (non-hydrogen) atoms. The number of ether oxygens (including phenoxy) is 1. The van der Waals surface area contributed by atoms with E-state index >= 15 is 0 Å². The van der Waals surface area contributed by atoms with Gasteiger partial charge in [0.1, 0.15) is 11.6 Å². The minimum absolute atomic E-state index is 0.163. The average Bonchev–Trinajstić information content (AvgIpc) is 2.47. The molecule has 4 nitrogen and oxygen atoms in total. The number of aromatic nitrogens is 2. The quantitative estimate of drug-likeness (QED) is 0.692. The maximum absolute atomic E-state index is 12.2. The van der Waals surface area contributed by atoms with E-state index in [9.17, 15) is 4.79 Å². The first-order valence-corrected chi connectivity index (χ1v) is 7.71. The van der Waals surface area contributed by atoms with Crippen LogP contribution in [-0.2, 0) is 0 Å². The van der Waals surface area contributed by atoms with Crippen LogP contribution in [-0.4, -0.2) is 17.1 Å². The van der Waals surface area contributed by atoms with Gasteiger partial charge in [0.15, 0.2) is 0 Å². The summed E-state index contributed by atoms with van der Waals surface area (Å²) in [7, 11) is 1.59. The molecule has 0 bridgehead atoms. The Hall–Kier alpha value is -1.66. The third-order valence-corrected chi connectivity index (χ3v) is 4.39. The molecule has 0 atom stereocenters. The van der Waals surface area contributed by atoms with Gasteiger partial charge in [-0.15, -0.1) is 0 Å². The van der Waals surface area contributed by atoms with Crippen molar-refractivity contribution in [2.24, 2.45) is 0 Å². The predicted octanol–water partition coefficient (Wildman–Crippen LogP) is 4.12. The van der Waals surface area contributed by atoms with Gasteiger partial charge in [-0.3, -0.25) is 4.79 Å². The smallest absolute Gasteiger partial charge is 0.259 e. The Morgan fingerprint density at radius 3 is 2.67 bits per heavy atom. The summed E-state index contributed by atoms with van der Waals surface area (Å²) < 4.78 is 6.93. The number of para-hydroxylation sites is 1. The Kier molecular flexibility index (Phi) is 3.82. The van der Waals surface area contributed by atoms with Crippen molar-refractivity contribution in [2.75, 3.05) is 7.11 Å². The van der Waals surface area contributed by atoms with Crippen LogP contribution in [0.25, 0.3) is 22.3 Å². The van der Waals surface area contributed by atoms with Gasteiger partial charge in [0.2, 0.25) is 0 Å². The zero-order valence-electron chi connectivity index (χ0n) is 11.0. The van der Waals surface area contributed by atoms with Crippen LogP contribution in [0.3, 0.4) is 0 Å². The standard InChI is InChI=1S/C15H10Br2N2O2/c1-21-13-6-9(10(16)7-11(13)17)14-18-12-5-3-2-4-8(12)15(20)19-14/h2-7H,1H3,(H,18,19,20). The highest BCUT2D eigenvalue weighted by Crippen LogP contribution is 2.35. The molecule has 2 aromatic carbocycles. The van der Waals surface area contributed by atoms with Crippen LogP contribution in [0.5, 0.6) is 5.75 Å². The highest BCUT2D eigenvalue weighted by Gasteiger charge is 2.12. The summed E-state index contributed by atoms with van der Waals surface area (Å²) in [5, 5.41) is 0.571. The van der Waals surface area contributed by atoms with Gasteiger partial charge in [0.05, 0.1) is 22.5 Å². The summed E-state index contributed by atoms with van der Waals surface area (Å²) in [6.07, 6.45) is 0. The van der Waals surface area contributed by atoms with E-state index in [0.29, 0.717) is 22.5 Å². The number of H-pyrrole nitrogens is 1. The fourth-order valence-corrected chi connectivity index (χ4v) is 3.42. The van der Waals surface area contributed by atoms with Crippen LogP contribution in [0.1, 0.15) is 0 Å². The second kappa shape index (κ2) is 5.61. The molecule has 3 aromatic rings. The van der Waals surface area contributed by atoms with Crippen molar-refractivity contribution in [3.63, 3.8) is 0 Å². The lowest BCUT2D eigenvalue weighted by Gasteiger charge is -2.09. The molecule has 0 spiro atoms. The lowest BCUT2D eigenvalue weighted by Crippen LogP contribution is -2.09. The fourth-order valence-electron chi connectivity index (χ4n) is 2.08. The first kappa shape index (κ1) is 14.3. The number of halogens is 2. The van der Waals surface area contributed by atoms with E-state index in [4.69, 9.17) is 4.74 Å². The van der Waals surface area contributed by atoms with E-state index in [0.717, 1.165) is 14.5 Å². The zero-order valence-corrected chi connectivity index (χ0v) is 14.2. The van der Waals surface area contributed by atoms with E-state index in [1.165, 1.54) is 0 Å². The number of aromatic amines is 1. The molecule has 0 fully saturated rings. The molecule has 0 saturated heterocycles. The van der Waals surface area contributed by atoms with Crippen LogP contribution >= 0.6 is 31.9 Å². The number of hydrogen-bond donors (Lipinski definition) is 1. The SMILES string of the molecule is COc1cc(-c2nc3ccccc3c(=O)[nH]2)c(Br)cc1Br.